The highest BCUT2D eigenvalue weighted by Gasteiger charge is 2.42. The van der Waals surface area contributed by atoms with E-state index in [4.69, 9.17) is 19.7 Å². The molecule has 0 radical (unpaired) electrons. The fourth-order valence-electron chi connectivity index (χ4n) is 4.31. The van der Waals surface area contributed by atoms with Crippen LogP contribution in [-0.2, 0) is 38.2 Å². The van der Waals surface area contributed by atoms with Crippen molar-refractivity contribution in [2.75, 3.05) is 0 Å². The van der Waals surface area contributed by atoms with Crippen molar-refractivity contribution in [1.82, 2.24) is 0 Å². The summed E-state index contributed by atoms with van der Waals surface area (Å²) >= 11 is 0. The number of hydrogen-bond acceptors (Lipinski definition) is 8. The molecule has 12 nitrogen and oxygen atoms in total. The van der Waals surface area contributed by atoms with Crippen LogP contribution in [0.15, 0.2) is 0 Å². The Labute approximate surface area is 182 Å². The van der Waals surface area contributed by atoms with Gasteiger partial charge in [0.15, 0.2) is 0 Å². The second-order valence-corrected chi connectivity index (χ2v) is 8.13. The Balaban J connectivity index is 1.78. The minimum atomic E-state index is -1.28. The largest absolute Gasteiger partial charge is 0.481 e. The zero-order valence-corrected chi connectivity index (χ0v) is 17.2. The van der Waals surface area contributed by atoms with Crippen LogP contribution < -0.4 is 0 Å². The molecule has 2 rings (SSSR count). The Bertz CT molecular complexity index is 711. The molecule has 0 aromatic rings. The van der Waals surface area contributed by atoms with Gasteiger partial charge < -0.3 is 29.9 Å². The van der Waals surface area contributed by atoms with Crippen LogP contribution in [0.2, 0.25) is 0 Å². The molecule has 32 heavy (non-hydrogen) atoms. The van der Waals surface area contributed by atoms with Crippen molar-refractivity contribution in [1.29, 1.82) is 0 Å². The minimum absolute atomic E-state index is 0.0516. The van der Waals surface area contributed by atoms with Crippen LogP contribution in [0.4, 0.5) is 0 Å². The second kappa shape index (κ2) is 10.9. The second-order valence-electron chi connectivity index (χ2n) is 8.13. The Hall–Kier alpha value is -3.18. The van der Waals surface area contributed by atoms with Crippen LogP contribution in [0, 0.1) is 23.7 Å². The Morgan fingerprint density at radius 3 is 1.12 bits per heavy atom. The minimum Gasteiger partial charge on any atom is -0.481 e. The summed E-state index contributed by atoms with van der Waals surface area (Å²) in [5.74, 6) is -11.0. The summed E-state index contributed by atoms with van der Waals surface area (Å²) in [7, 11) is 0. The number of esters is 2. The molecule has 6 unspecified atom stereocenters. The number of carbonyl (C=O) groups excluding carboxylic acids is 2. The average molecular weight is 458 g/mol. The number of carbonyl (C=O) groups is 6. The molecule has 178 valence electrons. The summed E-state index contributed by atoms with van der Waals surface area (Å²) in [5, 5.41) is 36.6. The van der Waals surface area contributed by atoms with Crippen molar-refractivity contribution < 1.29 is 58.7 Å². The third kappa shape index (κ3) is 6.66. The van der Waals surface area contributed by atoms with Crippen molar-refractivity contribution in [3.8, 4) is 0 Å². The highest BCUT2D eigenvalue weighted by atomic mass is 16.6. The molecule has 2 fully saturated rings. The molecule has 0 aliphatic heterocycles. The van der Waals surface area contributed by atoms with Gasteiger partial charge in [-0.2, -0.15) is 0 Å². The van der Waals surface area contributed by atoms with Crippen LogP contribution in [0.1, 0.15) is 51.4 Å². The maximum absolute atomic E-state index is 12.0. The van der Waals surface area contributed by atoms with Crippen LogP contribution in [0.5, 0.6) is 0 Å². The smallest absolute Gasteiger partial charge is 0.307 e. The molecule has 2 aliphatic rings. The van der Waals surface area contributed by atoms with Gasteiger partial charge in [-0.25, -0.2) is 0 Å². The molecule has 12 heteroatoms. The van der Waals surface area contributed by atoms with Gasteiger partial charge in [0.05, 0.1) is 36.5 Å². The van der Waals surface area contributed by atoms with Crippen molar-refractivity contribution in [2.24, 2.45) is 23.7 Å². The number of carboxylic acids is 4. The van der Waals surface area contributed by atoms with E-state index in [1.165, 1.54) is 0 Å². The van der Waals surface area contributed by atoms with Crippen LogP contribution in [0.25, 0.3) is 0 Å². The molecule has 0 amide bonds. The SMILES string of the molecule is O=C(CCC(=O)OC1CCC(C(=O)O)C(C(=O)O)C1)OC1CCC(C(=O)O)C(C(=O)O)C1. The van der Waals surface area contributed by atoms with Gasteiger partial charge in [-0.3, -0.25) is 28.8 Å². The van der Waals surface area contributed by atoms with E-state index >= 15 is 0 Å². The highest BCUT2D eigenvalue weighted by Crippen LogP contribution is 2.34. The molecule has 2 saturated carbocycles. The van der Waals surface area contributed by atoms with Crippen molar-refractivity contribution in [3.05, 3.63) is 0 Å². The number of ether oxygens (including phenoxy) is 2. The van der Waals surface area contributed by atoms with Crippen molar-refractivity contribution in [2.45, 2.75) is 63.6 Å². The van der Waals surface area contributed by atoms with E-state index in [0.717, 1.165) is 0 Å². The van der Waals surface area contributed by atoms with Gasteiger partial charge in [0.25, 0.3) is 0 Å². The Kier molecular flexibility index (Phi) is 8.56. The quantitative estimate of drug-likeness (QED) is 0.354. The molecule has 0 heterocycles. The monoisotopic (exact) mass is 458 g/mol. The average Bonchev–Trinajstić information content (AvgIpc) is 2.71. The number of carboxylic acid groups (broad SMARTS) is 4. The standard InChI is InChI=1S/C20H26O12/c21-15(31-9-1-3-11(17(23)24)13(7-9)19(27)28)5-6-16(22)32-10-2-4-12(18(25)26)14(8-10)20(29)30/h9-14H,1-8H2,(H,23,24)(H,25,26)(H,27,28)(H,29,30). The first-order chi connectivity index (χ1) is 15.0. The van der Waals surface area contributed by atoms with Crippen LogP contribution >= 0.6 is 0 Å². The van der Waals surface area contributed by atoms with Gasteiger partial charge in [0.1, 0.15) is 12.2 Å². The zero-order valence-electron chi connectivity index (χ0n) is 17.2. The predicted octanol–water partition coefficient (Wildman–Crippen LogP) is 0.761. The maximum Gasteiger partial charge on any atom is 0.307 e. The fraction of sp³-hybridized carbons (Fsp3) is 0.700. The van der Waals surface area contributed by atoms with Gasteiger partial charge in [-0.05, 0) is 38.5 Å². The molecule has 0 saturated heterocycles. The predicted molar refractivity (Wildman–Crippen MR) is 101 cm³/mol. The van der Waals surface area contributed by atoms with Gasteiger partial charge in [0.2, 0.25) is 0 Å². The van der Waals surface area contributed by atoms with E-state index in [-0.39, 0.29) is 51.4 Å². The summed E-state index contributed by atoms with van der Waals surface area (Å²) in [6.07, 6.45) is -2.00. The maximum atomic E-state index is 12.0. The Morgan fingerprint density at radius 1 is 0.531 bits per heavy atom. The lowest BCUT2D eigenvalue weighted by molar-refractivity contribution is -0.166. The molecular formula is C20H26O12. The third-order valence-electron chi connectivity index (χ3n) is 6.00. The molecule has 0 aromatic heterocycles. The van der Waals surface area contributed by atoms with E-state index in [9.17, 15) is 39.0 Å². The first-order valence-electron chi connectivity index (χ1n) is 10.3. The number of hydrogen-bond donors (Lipinski definition) is 4. The molecule has 0 spiro atoms. The van der Waals surface area contributed by atoms with Gasteiger partial charge in [0, 0.05) is 0 Å². The summed E-state index contributed by atoms with van der Waals surface area (Å²) in [4.78, 5) is 69.0. The molecule has 2 aliphatic carbocycles. The first kappa shape index (κ1) is 25.1. The lowest BCUT2D eigenvalue weighted by Crippen LogP contribution is -2.39. The normalized spacial score (nSPS) is 30.0. The third-order valence-corrected chi connectivity index (χ3v) is 6.00. The van der Waals surface area contributed by atoms with E-state index in [2.05, 4.69) is 0 Å². The van der Waals surface area contributed by atoms with Gasteiger partial charge in [-0.15, -0.1) is 0 Å². The van der Waals surface area contributed by atoms with E-state index in [1.54, 1.807) is 0 Å². The van der Waals surface area contributed by atoms with E-state index in [1.807, 2.05) is 0 Å². The first-order valence-corrected chi connectivity index (χ1v) is 10.3. The molecule has 4 N–H and O–H groups in total. The summed E-state index contributed by atoms with van der Waals surface area (Å²) in [5.41, 5.74) is 0. The summed E-state index contributed by atoms with van der Waals surface area (Å²) in [6.45, 7) is 0. The van der Waals surface area contributed by atoms with E-state index in [0.29, 0.717) is 0 Å². The summed E-state index contributed by atoms with van der Waals surface area (Å²) < 4.78 is 10.4. The number of aliphatic carboxylic acids is 4. The topological polar surface area (TPSA) is 202 Å². The van der Waals surface area contributed by atoms with Crippen LogP contribution in [0.3, 0.4) is 0 Å². The van der Waals surface area contributed by atoms with Crippen LogP contribution in [-0.4, -0.2) is 68.4 Å². The van der Waals surface area contributed by atoms with Gasteiger partial charge >= 0.3 is 35.8 Å². The summed E-state index contributed by atoms with van der Waals surface area (Å²) in [6, 6.07) is 0. The molecular weight excluding hydrogens is 432 g/mol. The molecule has 6 atom stereocenters. The van der Waals surface area contributed by atoms with E-state index < -0.39 is 71.7 Å². The van der Waals surface area contributed by atoms with Crippen molar-refractivity contribution in [3.63, 3.8) is 0 Å². The lowest BCUT2D eigenvalue weighted by atomic mass is 9.78. The fourth-order valence-corrected chi connectivity index (χ4v) is 4.31. The highest BCUT2D eigenvalue weighted by molar-refractivity contribution is 5.81. The molecule has 0 bridgehead atoms. The molecule has 0 aromatic carbocycles. The van der Waals surface area contributed by atoms with Crippen molar-refractivity contribution >= 4 is 35.8 Å². The number of rotatable bonds is 9. The van der Waals surface area contributed by atoms with Gasteiger partial charge in [-0.1, -0.05) is 0 Å². The lowest BCUT2D eigenvalue weighted by Gasteiger charge is -2.31. The zero-order chi connectivity index (χ0) is 24.0. The Morgan fingerprint density at radius 2 is 0.844 bits per heavy atom.